The fraction of sp³-hybridized carbons (Fsp3) is 0.500. The summed E-state index contributed by atoms with van der Waals surface area (Å²) in [4.78, 5) is 0. The summed E-state index contributed by atoms with van der Waals surface area (Å²) in [6.45, 7) is 5.69. The van der Waals surface area contributed by atoms with E-state index in [1.165, 1.54) is 12.1 Å². The third kappa shape index (κ3) is 4.79. The summed E-state index contributed by atoms with van der Waals surface area (Å²) in [5.41, 5.74) is 0. The van der Waals surface area contributed by atoms with E-state index in [-0.39, 0.29) is 5.82 Å². The third-order valence-electron chi connectivity index (χ3n) is 2.29. The fourth-order valence-electron chi connectivity index (χ4n) is 1.15. The van der Waals surface area contributed by atoms with E-state index in [4.69, 9.17) is 4.74 Å². The molecule has 1 aromatic carbocycles. The summed E-state index contributed by atoms with van der Waals surface area (Å²) >= 11 is 0. The SMILES string of the molecule is CCC(C)NCCOc1ccc(F)cc1. The first kappa shape index (κ1) is 12.0. The van der Waals surface area contributed by atoms with Crippen LogP contribution in [0.3, 0.4) is 0 Å². The van der Waals surface area contributed by atoms with Crippen molar-refractivity contribution < 1.29 is 9.13 Å². The van der Waals surface area contributed by atoms with Gasteiger partial charge < -0.3 is 10.1 Å². The molecule has 1 unspecified atom stereocenters. The second-order valence-corrected chi connectivity index (χ2v) is 3.57. The molecule has 0 aliphatic carbocycles. The highest BCUT2D eigenvalue weighted by Crippen LogP contribution is 2.10. The summed E-state index contributed by atoms with van der Waals surface area (Å²) in [5, 5.41) is 3.31. The van der Waals surface area contributed by atoms with E-state index in [2.05, 4.69) is 19.2 Å². The Hall–Kier alpha value is -1.09. The van der Waals surface area contributed by atoms with Crippen molar-refractivity contribution in [2.75, 3.05) is 13.2 Å². The van der Waals surface area contributed by atoms with Crippen LogP contribution >= 0.6 is 0 Å². The van der Waals surface area contributed by atoms with Gasteiger partial charge in [0.1, 0.15) is 18.2 Å². The lowest BCUT2D eigenvalue weighted by molar-refractivity contribution is 0.305. The first-order chi connectivity index (χ1) is 7.22. The lowest BCUT2D eigenvalue weighted by Gasteiger charge is -2.11. The number of nitrogens with one attached hydrogen (secondary N) is 1. The smallest absolute Gasteiger partial charge is 0.123 e. The zero-order chi connectivity index (χ0) is 11.1. The molecule has 0 spiro atoms. The van der Waals surface area contributed by atoms with E-state index >= 15 is 0 Å². The van der Waals surface area contributed by atoms with E-state index in [0.29, 0.717) is 18.4 Å². The Morgan fingerprint density at radius 1 is 1.33 bits per heavy atom. The van der Waals surface area contributed by atoms with Gasteiger partial charge in [-0.05, 0) is 37.6 Å². The summed E-state index contributed by atoms with van der Waals surface area (Å²) in [6, 6.07) is 6.59. The molecule has 15 heavy (non-hydrogen) atoms. The molecule has 1 atom stereocenters. The molecule has 3 heteroatoms. The largest absolute Gasteiger partial charge is 0.492 e. The molecule has 0 fully saturated rings. The monoisotopic (exact) mass is 211 g/mol. The molecule has 0 aromatic heterocycles. The van der Waals surface area contributed by atoms with Crippen molar-refractivity contribution in [3.8, 4) is 5.75 Å². The van der Waals surface area contributed by atoms with Crippen LogP contribution in [0.2, 0.25) is 0 Å². The molecule has 1 N–H and O–H groups in total. The zero-order valence-electron chi connectivity index (χ0n) is 9.29. The maximum atomic E-state index is 12.6. The first-order valence-electron chi connectivity index (χ1n) is 5.34. The molecule has 0 radical (unpaired) electrons. The van der Waals surface area contributed by atoms with E-state index in [9.17, 15) is 4.39 Å². The van der Waals surface area contributed by atoms with Crippen molar-refractivity contribution >= 4 is 0 Å². The molecule has 2 nitrogen and oxygen atoms in total. The summed E-state index contributed by atoms with van der Waals surface area (Å²) in [5.74, 6) is 0.474. The van der Waals surface area contributed by atoms with E-state index in [0.717, 1.165) is 13.0 Å². The number of hydrogen-bond donors (Lipinski definition) is 1. The maximum absolute atomic E-state index is 12.6. The molecular formula is C12H18FNO. The molecule has 0 aliphatic rings. The minimum Gasteiger partial charge on any atom is -0.492 e. The van der Waals surface area contributed by atoms with Gasteiger partial charge in [-0.25, -0.2) is 4.39 Å². The highest BCUT2D eigenvalue weighted by molar-refractivity contribution is 5.21. The highest BCUT2D eigenvalue weighted by atomic mass is 19.1. The predicted molar refractivity (Wildman–Crippen MR) is 59.7 cm³/mol. The predicted octanol–water partition coefficient (Wildman–Crippen LogP) is 2.59. The first-order valence-corrected chi connectivity index (χ1v) is 5.34. The third-order valence-corrected chi connectivity index (χ3v) is 2.29. The average molecular weight is 211 g/mol. The van der Waals surface area contributed by atoms with Gasteiger partial charge >= 0.3 is 0 Å². The van der Waals surface area contributed by atoms with Gasteiger partial charge in [-0.1, -0.05) is 6.92 Å². The van der Waals surface area contributed by atoms with Crippen molar-refractivity contribution in [1.29, 1.82) is 0 Å². The number of rotatable bonds is 6. The molecule has 0 saturated heterocycles. The van der Waals surface area contributed by atoms with Gasteiger partial charge in [-0.15, -0.1) is 0 Å². The quantitative estimate of drug-likeness (QED) is 0.730. The fourth-order valence-corrected chi connectivity index (χ4v) is 1.15. The van der Waals surface area contributed by atoms with Gasteiger partial charge in [0.2, 0.25) is 0 Å². The number of ether oxygens (including phenoxy) is 1. The van der Waals surface area contributed by atoms with Gasteiger partial charge in [0, 0.05) is 12.6 Å². The van der Waals surface area contributed by atoms with Crippen LogP contribution in [0.5, 0.6) is 5.75 Å². The number of benzene rings is 1. The van der Waals surface area contributed by atoms with E-state index in [1.54, 1.807) is 12.1 Å². The molecule has 1 aromatic rings. The normalized spacial score (nSPS) is 12.5. The topological polar surface area (TPSA) is 21.3 Å². The Morgan fingerprint density at radius 2 is 2.00 bits per heavy atom. The zero-order valence-corrected chi connectivity index (χ0v) is 9.29. The molecule has 0 saturated carbocycles. The van der Waals surface area contributed by atoms with Gasteiger partial charge in [0.05, 0.1) is 0 Å². The van der Waals surface area contributed by atoms with Crippen LogP contribution in [-0.4, -0.2) is 19.2 Å². The molecule has 0 heterocycles. The van der Waals surface area contributed by atoms with Crippen molar-refractivity contribution in [1.82, 2.24) is 5.32 Å². The lowest BCUT2D eigenvalue weighted by Crippen LogP contribution is -2.29. The Balaban J connectivity index is 2.17. The lowest BCUT2D eigenvalue weighted by atomic mass is 10.3. The Kier molecular flexibility index (Phi) is 5.12. The van der Waals surface area contributed by atoms with Gasteiger partial charge in [0.15, 0.2) is 0 Å². The maximum Gasteiger partial charge on any atom is 0.123 e. The van der Waals surface area contributed by atoms with Crippen LogP contribution in [0.25, 0.3) is 0 Å². The molecule has 0 aliphatic heterocycles. The standard InChI is InChI=1S/C12H18FNO/c1-3-10(2)14-8-9-15-12-6-4-11(13)5-7-12/h4-7,10,14H,3,8-9H2,1-2H3. The van der Waals surface area contributed by atoms with Crippen LogP contribution < -0.4 is 10.1 Å². The molecule has 84 valence electrons. The van der Waals surface area contributed by atoms with Crippen molar-refractivity contribution in [2.45, 2.75) is 26.3 Å². The molecule has 1 rings (SSSR count). The minimum absolute atomic E-state index is 0.236. The van der Waals surface area contributed by atoms with Crippen LogP contribution in [0.4, 0.5) is 4.39 Å². The van der Waals surface area contributed by atoms with Crippen molar-refractivity contribution in [3.63, 3.8) is 0 Å². The highest BCUT2D eigenvalue weighted by Gasteiger charge is 1.97. The Morgan fingerprint density at radius 3 is 2.60 bits per heavy atom. The Labute approximate surface area is 90.4 Å². The van der Waals surface area contributed by atoms with Crippen LogP contribution in [0, 0.1) is 5.82 Å². The van der Waals surface area contributed by atoms with Gasteiger partial charge in [0.25, 0.3) is 0 Å². The molecule has 0 amide bonds. The number of hydrogen-bond acceptors (Lipinski definition) is 2. The minimum atomic E-state index is -0.236. The van der Waals surface area contributed by atoms with Crippen LogP contribution in [0.1, 0.15) is 20.3 Å². The van der Waals surface area contributed by atoms with Crippen LogP contribution in [0.15, 0.2) is 24.3 Å². The second kappa shape index (κ2) is 6.40. The van der Waals surface area contributed by atoms with Gasteiger partial charge in [-0.3, -0.25) is 0 Å². The van der Waals surface area contributed by atoms with Gasteiger partial charge in [-0.2, -0.15) is 0 Å². The number of halogens is 1. The van der Waals surface area contributed by atoms with E-state index in [1.807, 2.05) is 0 Å². The van der Waals surface area contributed by atoms with Crippen molar-refractivity contribution in [2.24, 2.45) is 0 Å². The second-order valence-electron chi connectivity index (χ2n) is 3.57. The van der Waals surface area contributed by atoms with Crippen molar-refractivity contribution in [3.05, 3.63) is 30.1 Å². The van der Waals surface area contributed by atoms with E-state index < -0.39 is 0 Å². The van der Waals surface area contributed by atoms with Crippen LogP contribution in [-0.2, 0) is 0 Å². The average Bonchev–Trinajstić information content (AvgIpc) is 2.26. The summed E-state index contributed by atoms with van der Waals surface area (Å²) < 4.78 is 18.0. The molecular weight excluding hydrogens is 193 g/mol. The Bertz CT molecular complexity index is 273. The summed E-state index contributed by atoms with van der Waals surface area (Å²) in [7, 11) is 0. The molecule has 0 bridgehead atoms. The summed E-state index contributed by atoms with van der Waals surface area (Å²) in [6.07, 6.45) is 1.11.